The third kappa shape index (κ3) is 4.98. The molecule has 1 aliphatic rings. The van der Waals surface area contributed by atoms with E-state index < -0.39 is 0 Å². The lowest BCUT2D eigenvalue weighted by atomic mass is 9.97. The number of halogens is 1. The lowest BCUT2D eigenvalue weighted by Gasteiger charge is -2.17. The molecule has 1 aliphatic heterocycles. The summed E-state index contributed by atoms with van der Waals surface area (Å²) in [4.78, 5) is 4.45. The van der Waals surface area contributed by atoms with Gasteiger partial charge in [-0.25, -0.2) is 0 Å². The minimum atomic E-state index is 0. The molecule has 1 fully saturated rings. The lowest BCUT2D eigenvalue weighted by molar-refractivity contribution is 0.120. The number of aryl methyl sites for hydroxylation is 2. The van der Waals surface area contributed by atoms with Crippen molar-refractivity contribution in [2.75, 3.05) is 18.5 Å². The molecule has 1 heterocycles. The second-order valence-corrected chi connectivity index (χ2v) is 5.84. The van der Waals surface area contributed by atoms with E-state index >= 15 is 0 Å². The van der Waals surface area contributed by atoms with Gasteiger partial charge in [-0.15, -0.1) is 24.0 Å². The van der Waals surface area contributed by atoms with Gasteiger partial charge in [0.2, 0.25) is 0 Å². The fourth-order valence-electron chi connectivity index (χ4n) is 2.59. The predicted molar refractivity (Wildman–Crippen MR) is 104 cm³/mol. The number of nitrogens with zero attached hydrogens (tertiary/aromatic N) is 1. The van der Waals surface area contributed by atoms with Gasteiger partial charge in [-0.05, 0) is 50.5 Å². The van der Waals surface area contributed by atoms with E-state index in [0.717, 1.165) is 24.3 Å². The van der Waals surface area contributed by atoms with E-state index in [4.69, 9.17) is 10.5 Å². The van der Waals surface area contributed by atoms with Crippen molar-refractivity contribution in [3.63, 3.8) is 0 Å². The Balaban J connectivity index is 0.00000242. The normalized spacial score (nSPS) is 21.3. The van der Waals surface area contributed by atoms with Crippen LogP contribution in [-0.2, 0) is 4.74 Å². The molecule has 0 aromatic heterocycles. The third-order valence-electron chi connectivity index (χ3n) is 3.98. The molecule has 0 bridgehead atoms. The average molecular weight is 415 g/mol. The van der Waals surface area contributed by atoms with Gasteiger partial charge in [-0.2, -0.15) is 0 Å². The first kappa shape index (κ1) is 19.0. The molecule has 4 nitrogen and oxygen atoms in total. The zero-order valence-electron chi connectivity index (χ0n) is 13.6. The zero-order valence-corrected chi connectivity index (χ0v) is 15.9. The Morgan fingerprint density at radius 3 is 2.77 bits per heavy atom. The van der Waals surface area contributed by atoms with Gasteiger partial charge in [0.25, 0.3) is 0 Å². The topological polar surface area (TPSA) is 59.6 Å². The summed E-state index contributed by atoms with van der Waals surface area (Å²) >= 11 is 0. The van der Waals surface area contributed by atoms with Crippen LogP contribution in [0.5, 0.6) is 0 Å². The highest BCUT2D eigenvalue weighted by Gasteiger charge is 2.28. The number of hydrogen-bond acceptors (Lipinski definition) is 2. The molecule has 0 saturated carbocycles. The van der Waals surface area contributed by atoms with Crippen molar-refractivity contribution in [1.29, 1.82) is 0 Å². The van der Waals surface area contributed by atoms with E-state index in [0.29, 0.717) is 18.4 Å². The summed E-state index contributed by atoms with van der Waals surface area (Å²) in [5.74, 6) is 0.827. The van der Waals surface area contributed by atoms with E-state index in [2.05, 4.69) is 42.9 Å². The minimum Gasteiger partial charge on any atom is -0.374 e. The van der Waals surface area contributed by atoms with Gasteiger partial charge < -0.3 is 15.8 Å². The highest BCUT2D eigenvalue weighted by Crippen LogP contribution is 2.26. The Labute approximate surface area is 150 Å². The van der Waals surface area contributed by atoms with Crippen molar-refractivity contribution in [3.8, 4) is 0 Å². The highest BCUT2D eigenvalue weighted by molar-refractivity contribution is 14.0. The Hall–Kier alpha value is -1.08. The largest absolute Gasteiger partial charge is 0.374 e. The fourth-order valence-corrected chi connectivity index (χ4v) is 2.59. The van der Waals surface area contributed by atoms with E-state index in [1.54, 1.807) is 0 Å². The van der Waals surface area contributed by atoms with Gasteiger partial charge >= 0.3 is 0 Å². The van der Waals surface area contributed by atoms with E-state index in [-0.39, 0.29) is 30.1 Å². The number of nitrogens with one attached hydrogen (secondary N) is 1. The number of anilines is 1. The van der Waals surface area contributed by atoms with Gasteiger partial charge in [0, 0.05) is 24.8 Å². The number of aliphatic imine (C=N–C) groups is 1. The summed E-state index contributed by atoms with van der Waals surface area (Å²) < 4.78 is 5.68. The first-order valence-corrected chi connectivity index (χ1v) is 7.38. The van der Waals surface area contributed by atoms with Crippen LogP contribution in [0, 0.1) is 19.8 Å². The van der Waals surface area contributed by atoms with Crippen LogP contribution in [0.1, 0.15) is 24.5 Å². The third-order valence-corrected chi connectivity index (χ3v) is 3.98. The minimum absolute atomic E-state index is 0. The quantitative estimate of drug-likeness (QED) is 0.342. The van der Waals surface area contributed by atoms with Crippen molar-refractivity contribution in [2.24, 2.45) is 16.6 Å². The highest BCUT2D eigenvalue weighted by atomic mass is 127. The van der Waals surface area contributed by atoms with Gasteiger partial charge in [-0.3, -0.25) is 4.99 Å². The summed E-state index contributed by atoms with van der Waals surface area (Å²) in [5.41, 5.74) is 10.5. The molecule has 1 saturated heterocycles. The lowest BCUT2D eigenvalue weighted by Crippen LogP contribution is -2.26. The summed E-state index contributed by atoms with van der Waals surface area (Å²) in [6.45, 7) is 11.6. The van der Waals surface area contributed by atoms with Crippen LogP contribution in [0.15, 0.2) is 35.3 Å². The van der Waals surface area contributed by atoms with Gasteiger partial charge in [-0.1, -0.05) is 18.2 Å². The Morgan fingerprint density at radius 2 is 2.14 bits per heavy atom. The fraction of sp³-hybridized carbons (Fsp3) is 0.471. The monoisotopic (exact) mass is 415 g/mol. The molecular formula is C17H26IN3O. The molecule has 1 aromatic carbocycles. The Kier molecular flexibility index (Phi) is 7.35. The van der Waals surface area contributed by atoms with Gasteiger partial charge in [0.15, 0.2) is 5.96 Å². The van der Waals surface area contributed by atoms with Gasteiger partial charge in [0.05, 0.1) is 6.10 Å². The molecule has 2 atom stereocenters. The van der Waals surface area contributed by atoms with Crippen molar-refractivity contribution >= 4 is 35.6 Å². The summed E-state index contributed by atoms with van der Waals surface area (Å²) in [6.07, 6.45) is 1.13. The molecule has 0 amide bonds. The number of rotatable bonds is 4. The van der Waals surface area contributed by atoms with Crippen molar-refractivity contribution in [3.05, 3.63) is 41.5 Å². The van der Waals surface area contributed by atoms with Crippen molar-refractivity contribution in [1.82, 2.24) is 0 Å². The maximum absolute atomic E-state index is 5.97. The molecular weight excluding hydrogens is 389 g/mol. The molecule has 22 heavy (non-hydrogen) atoms. The molecule has 0 spiro atoms. The van der Waals surface area contributed by atoms with E-state index in [9.17, 15) is 0 Å². The van der Waals surface area contributed by atoms with Crippen LogP contribution in [0.4, 0.5) is 5.69 Å². The van der Waals surface area contributed by atoms with Crippen LogP contribution >= 0.6 is 24.0 Å². The number of benzene rings is 1. The van der Waals surface area contributed by atoms with Crippen LogP contribution in [-0.4, -0.2) is 25.2 Å². The summed E-state index contributed by atoms with van der Waals surface area (Å²) in [6, 6.07) is 6.17. The number of guanidine groups is 1. The summed E-state index contributed by atoms with van der Waals surface area (Å²) in [7, 11) is 0. The molecule has 122 valence electrons. The molecule has 0 aliphatic carbocycles. The van der Waals surface area contributed by atoms with E-state index in [1.165, 1.54) is 11.1 Å². The molecule has 2 rings (SSSR count). The standard InChI is InChI=1S/C17H25N3O.HI/c1-11(2)16-14(7-8-21-16)10-19-17(18)20-15-6-5-12(3)13(4)9-15;/h5-6,9,14,16H,1,7-8,10H2,2-4H3,(H3,18,19,20);1H. The van der Waals surface area contributed by atoms with Crippen LogP contribution in [0.3, 0.4) is 0 Å². The number of ether oxygens (including phenoxy) is 1. The maximum atomic E-state index is 5.97. The number of hydrogen-bond donors (Lipinski definition) is 2. The van der Waals surface area contributed by atoms with Crippen molar-refractivity contribution < 1.29 is 4.74 Å². The number of nitrogens with two attached hydrogens (primary N) is 1. The Morgan fingerprint density at radius 1 is 1.41 bits per heavy atom. The second-order valence-electron chi connectivity index (χ2n) is 5.84. The second kappa shape index (κ2) is 8.53. The molecule has 5 heteroatoms. The van der Waals surface area contributed by atoms with Crippen molar-refractivity contribution in [2.45, 2.75) is 33.3 Å². The average Bonchev–Trinajstić information content (AvgIpc) is 2.89. The SMILES string of the molecule is C=C(C)C1OCCC1CN=C(N)Nc1ccc(C)c(C)c1.I. The smallest absolute Gasteiger partial charge is 0.193 e. The Bertz CT molecular complexity index is 557. The molecule has 0 radical (unpaired) electrons. The van der Waals surface area contributed by atoms with Crippen LogP contribution in [0.2, 0.25) is 0 Å². The maximum Gasteiger partial charge on any atom is 0.193 e. The van der Waals surface area contributed by atoms with E-state index in [1.807, 2.05) is 13.0 Å². The molecule has 3 N–H and O–H groups in total. The van der Waals surface area contributed by atoms with Gasteiger partial charge in [0.1, 0.15) is 0 Å². The summed E-state index contributed by atoms with van der Waals surface area (Å²) in [5, 5.41) is 3.14. The zero-order chi connectivity index (χ0) is 15.4. The van der Waals surface area contributed by atoms with Crippen LogP contribution < -0.4 is 11.1 Å². The van der Waals surface area contributed by atoms with Crippen LogP contribution in [0.25, 0.3) is 0 Å². The first-order chi connectivity index (χ1) is 9.97. The first-order valence-electron chi connectivity index (χ1n) is 7.38. The molecule has 1 aromatic rings. The predicted octanol–water partition coefficient (Wildman–Crippen LogP) is 3.63. The molecule has 2 unspecified atom stereocenters.